The fourth-order valence-electron chi connectivity index (χ4n) is 0.460. The van der Waals surface area contributed by atoms with Crippen molar-refractivity contribution in [2.75, 3.05) is 0 Å². The van der Waals surface area contributed by atoms with Gasteiger partial charge in [-0.25, -0.2) is 0 Å². The Morgan fingerprint density at radius 2 is 1.75 bits per heavy atom. The smallest absolute Gasteiger partial charge is 0.119 e. The van der Waals surface area contributed by atoms with Crippen molar-refractivity contribution in [3.63, 3.8) is 0 Å². The summed E-state index contributed by atoms with van der Waals surface area (Å²) in [5, 5.41) is 0. The molecule has 0 heterocycles. The van der Waals surface area contributed by atoms with E-state index in [1.54, 1.807) is 0 Å². The van der Waals surface area contributed by atoms with Crippen LogP contribution in [-0.2, 0) is 4.79 Å². The van der Waals surface area contributed by atoms with Crippen LogP contribution >= 0.6 is 31.9 Å². The molecule has 0 aromatic heterocycles. The van der Waals surface area contributed by atoms with Gasteiger partial charge in [0, 0.05) is 15.4 Å². The van der Waals surface area contributed by atoms with Crippen LogP contribution < -0.4 is 0 Å². The molecule has 0 atom stereocenters. The lowest BCUT2D eigenvalue weighted by atomic mass is 10.4. The molecule has 0 saturated heterocycles. The van der Waals surface area contributed by atoms with Gasteiger partial charge in [-0.1, -0.05) is 44.8 Å². The predicted octanol–water partition coefficient (Wildman–Crippen LogP) is 3.81. The number of carbonyl (C=O) groups excluding carboxylic acids is 1. The van der Waals surface area contributed by atoms with Crippen LogP contribution in [0.4, 0.5) is 0 Å². The number of rotatable bonds is 1. The maximum absolute atomic E-state index is 9.17. The zero-order valence-electron chi connectivity index (χ0n) is 6.76. The lowest BCUT2D eigenvalue weighted by Gasteiger charge is -1.87. The third-order valence-corrected chi connectivity index (χ3v) is 1.94. The van der Waals surface area contributed by atoms with E-state index in [0.717, 1.165) is 15.2 Å². The third kappa shape index (κ3) is 6.55. The third-order valence-electron chi connectivity index (χ3n) is 0.953. The first kappa shape index (κ1) is 11.8. The lowest BCUT2D eigenvalue weighted by Crippen LogP contribution is -1.61. The second-order valence-electron chi connectivity index (χ2n) is 2.01. The highest BCUT2D eigenvalue weighted by Crippen LogP contribution is 2.15. The zero-order valence-corrected chi connectivity index (χ0v) is 9.93. The van der Waals surface area contributed by atoms with Gasteiger partial charge in [-0.2, -0.15) is 0 Å². The van der Waals surface area contributed by atoms with Crippen molar-refractivity contribution in [2.45, 2.75) is 13.3 Å². The van der Waals surface area contributed by atoms with Crippen LogP contribution in [-0.4, -0.2) is 6.29 Å². The van der Waals surface area contributed by atoms with Gasteiger partial charge in [-0.15, -0.1) is 0 Å². The number of benzene rings is 1. The van der Waals surface area contributed by atoms with Gasteiger partial charge in [-0.3, -0.25) is 0 Å². The summed E-state index contributed by atoms with van der Waals surface area (Å²) in [4.78, 5) is 9.17. The largest absolute Gasteiger partial charge is 0.303 e. The van der Waals surface area contributed by atoms with Gasteiger partial charge in [0.05, 0.1) is 0 Å². The Hall–Kier alpha value is -0.150. The normalized spacial score (nSPS) is 8.25. The molecule has 0 amide bonds. The quantitative estimate of drug-likeness (QED) is 0.720. The molecule has 0 saturated carbocycles. The topological polar surface area (TPSA) is 17.1 Å². The van der Waals surface area contributed by atoms with E-state index in [9.17, 15) is 4.79 Å². The molecule has 0 aliphatic rings. The van der Waals surface area contributed by atoms with E-state index in [2.05, 4.69) is 31.9 Å². The first-order valence-electron chi connectivity index (χ1n) is 3.55. The van der Waals surface area contributed by atoms with Crippen molar-refractivity contribution in [2.24, 2.45) is 0 Å². The summed E-state index contributed by atoms with van der Waals surface area (Å²) >= 11 is 6.66. The van der Waals surface area contributed by atoms with Crippen molar-refractivity contribution < 1.29 is 4.79 Å². The number of carbonyl (C=O) groups is 1. The minimum Gasteiger partial charge on any atom is -0.303 e. The minimum absolute atomic E-state index is 0.639. The van der Waals surface area contributed by atoms with Crippen LogP contribution in [0.25, 0.3) is 0 Å². The van der Waals surface area contributed by atoms with E-state index in [-0.39, 0.29) is 0 Å². The Bertz CT molecular complexity index is 218. The Morgan fingerprint density at radius 1 is 1.33 bits per heavy atom. The Balaban J connectivity index is 0.000000261. The van der Waals surface area contributed by atoms with Crippen molar-refractivity contribution in [1.29, 1.82) is 0 Å². The highest BCUT2D eigenvalue weighted by atomic mass is 79.9. The van der Waals surface area contributed by atoms with E-state index < -0.39 is 0 Å². The van der Waals surface area contributed by atoms with E-state index in [0.29, 0.717) is 6.42 Å². The molecule has 1 aromatic rings. The number of aldehydes is 1. The van der Waals surface area contributed by atoms with Gasteiger partial charge in [0.1, 0.15) is 6.29 Å². The van der Waals surface area contributed by atoms with Crippen LogP contribution in [0, 0.1) is 0 Å². The first-order chi connectivity index (χ1) is 5.70. The molecule has 0 aliphatic heterocycles. The number of hydrogen-bond acceptors (Lipinski definition) is 1. The molecule has 12 heavy (non-hydrogen) atoms. The van der Waals surface area contributed by atoms with E-state index in [4.69, 9.17) is 0 Å². The van der Waals surface area contributed by atoms with Crippen molar-refractivity contribution in [3.05, 3.63) is 33.2 Å². The average Bonchev–Trinajstić information content (AvgIpc) is 2.04. The van der Waals surface area contributed by atoms with Crippen LogP contribution in [0.2, 0.25) is 0 Å². The van der Waals surface area contributed by atoms with Crippen molar-refractivity contribution in [1.82, 2.24) is 0 Å². The summed E-state index contributed by atoms with van der Waals surface area (Å²) in [6.45, 7) is 1.81. The zero-order chi connectivity index (χ0) is 9.40. The molecule has 0 spiro atoms. The SMILES string of the molecule is Brc1cccc(Br)c1.CCC=O. The van der Waals surface area contributed by atoms with Gasteiger partial charge in [0.2, 0.25) is 0 Å². The molecule has 0 aliphatic carbocycles. The second-order valence-corrected chi connectivity index (χ2v) is 3.85. The average molecular weight is 294 g/mol. The molecule has 1 aromatic carbocycles. The van der Waals surface area contributed by atoms with Crippen molar-refractivity contribution >= 4 is 38.1 Å². The molecule has 66 valence electrons. The fourth-order valence-corrected chi connectivity index (χ4v) is 1.57. The highest BCUT2D eigenvalue weighted by Gasteiger charge is 1.84. The van der Waals surface area contributed by atoms with Crippen LogP contribution in [0.15, 0.2) is 33.2 Å². The highest BCUT2D eigenvalue weighted by molar-refractivity contribution is 9.11. The maximum atomic E-state index is 9.17. The lowest BCUT2D eigenvalue weighted by molar-refractivity contribution is -0.107. The molecule has 0 bridgehead atoms. The Kier molecular flexibility index (Phi) is 7.40. The Labute approximate surface area is 89.4 Å². The summed E-state index contributed by atoms with van der Waals surface area (Å²) in [6.07, 6.45) is 1.51. The standard InChI is InChI=1S/C6H4Br2.C3H6O/c7-5-2-1-3-6(8)4-5;1-2-3-4/h1-4H;3H,2H2,1H3. The van der Waals surface area contributed by atoms with Gasteiger partial charge in [0.25, 0.3) is 0 Å². The Morgan fingerprint density at radius 3 is 1.92 bits per heavy atom. The molecule has 0 N–H and O–H groups in total. The number of halogens is 2. The van der Waals surface area contributed by atoms with Gasteiger partial charge >= 0.3 is 0 Å². The molecular weight excluding hydrogens is 284 g/mol. The molecule has 3 heteroatoms. The van der Waals surface area contributed by atoms with E-state index in [1.165, 1.54) is 0 Å². The maximum Gasteiger partial charge on any atom is 0.119 e. The molecular formula is C9H10Br2O. The van der Waals surface area contributed by atoms with Gasteiger partial charge in [-0.05, 0) is 18.2 Å². The molecule has 1 nitrogen and oxygen atoms in total. The van der Waals surface area contributed by atoms with Crippen LogP contribution in [0.1, 0.15) is 13.3 Å². The monoisotopic (exact) mass is 292 g/mol. The summed E-state index contributed by atoms with van der Waals surface area (Å²) in [5.74, 6) is 0. The molecule has 0 radical (unpaired) electrons. The van der Waals surface area contributed by atoms with Gasteiger partial charge < -0.3 is 4.79 Å². The summed E-state index contributed by atoms with van der Waals surface area (Å²) < 4.78 is 2.21. The summed E-state index contributed by atoms with van der Waals surface area (Å²) in [5.41, 5.74) is 0. The van der Waals surface area contributed by atoms with E-state index >= 15 is 0 Å². The fraction of sp³-hybridized carbons (Fsp3) is 0.222. The first-order valence-corrected chi connectivity index (χ1v) is 5.14. The minimum atomic E-state index is 0.639. The number of hydrogen-bond donors (Lipinski definition) is 0. The van der Waals surface area contributed by atoms with Crippen molar-refractivity contribution in [3.8, 4) is 0 Å². The molecule has 0 unspecified atom stereocenters. The molecule has 1 rings (SSSR count). The van der Waals surface area contributed by atoms with Gasteiger partial charge in [0.15, 0.2) is 0 Å². The van der Waals surface area contributed by atoms with Crippen LogP contribution in [0.3, 0.4) is 0 Å². The predicted molar refractivity (Wildman–Crippen MR) is 58.2 cm³/mol. The van der Waals surface area contributed by atoms with E-state index in [1.807, 2.05) is 31.2 Å². The summed E-state index contributed by atoms with van der Waals surface area (Å²) in [7, 11) is 0. The molecule has 0 fully saturated rings. The summed E-state index contributed by atoms with van der Waals surface area (Å²) in [6, 6.07) is 7.96. The van der Waals surface area contributed by atoms with Crippen LogP contribution in [0.5, 0.6) is 0 Å². The second kappa shape index (κ2) is 7.50.